The van der Waals surface area contributed by atoms with Gasteiger partial charge in [0.15, 0.2) is 5.16 Å². The van der Waals surface area contributed by atoms with Gasteiger partial charge in [-0.15, -0.1) is 0 Å². The van der Waals surface area contributed by atoms with Crippen LogP contribution in [0.5, 0.6) is 5.75 Å². The predicted octanol–water partition coefficient (Wildman–Crippen LogP) is 2.48. The second kappa shape index (κ2) is 4.88. The normalized spacial score (nSPS) is 10.2. The van der Waals surface area contributed by atoms with Gasteiger partial charge in [0.2, 0.25) is 0 Å². The number of nitro benzene ring substituents is 1. The van der Waals surface area contributed by atoms with Crippen molar-refractivity contribution in [2.75, 3.05) is 7.11 Å². The molecular formula is C10H9N3O3S. The van der Waals surface area contributed by atoms with Gasteiger partial charge in [-0.3, -0.25) is 10.1 Å². The van der Waals surface area contributed by atoms with E-state index in [1.165, 1.54) is 24.9 Å². The number of imidazole rings is 1. The Hall–Kier alpha value is -2.02. The molecule has 1 aromatic heterocycles. The van der Waals surface area contributed by atoms with Gasteiger partial charge in [-0.2, -0.15) is 0 Å². The van der Waals surface area contributed by atoms with Gasteiger partial charge in [-0.1, -0.05) is 0 Å². The monoisotopic (exact) mass is 251 g/mol. The molecule has 88 valence electrons. The van der Waals surface area contributed by atoms with Crippen LogP contribution in [-0.2, 0) is 0 Å². The number of nitrogens with one attached hydrogen (secondary N) is 1. The van der Waals surface area contributed by atoms with E-state index in [1.807, 2.05) is 0 Å². The molecule has 0 fully saturated rings. The number of nitro groups is 1. The minimum Gasteiger partial charge on any atom is -0.497 e. The molecule has 0 unspecified atom stereocenters. The zero-order valence-electron chi connectivity index (χ0n) is 8.91. The summed E-state index contributed by atoms with van der Waals surface area (Å²) in [7, 11) is 1.47. The van der Waals surface area contributed by atoms with Crippen LogP contribution in [0.1, 0.15) is 0 Å². The third kappa shape index (κ3) is 2.56. The van der Waals surface area contributed by atoms with Crippen LogP contribution >= 0.6 is 11.8 Å². The molecule has 7 heteroatoms. The van der Waals surface area contributed by atoms with Gasteiger partial charge in [0.1, 0.15) is 5.75 Å². The molecule has 0 aliphatic heterocycles. The molecule has 1 aromatic carbocycles. The fourth-order valence-corrected chi connectivity index (χ4v) is 2.09. The molecule has 0 amide bonds. The van der Waals surface area contributed by atoms with Crippen LogP contribution in [0, 0.1) is 10.1 Å². The summed E-state index contributed by atoms with van der Waals surface area (Å²) in [6.45, 7) is 0. The van der Waals surface area contributed by atoms with Crippen molar-refractivity contribution in [3.05, 3.63) is 40.7 Å². The zero-order chi connectivity index (χ0) is 12.3. The average Bonchev–Trinajstić information content (AvgIpc) is 2.82. The molecule has 0 spiro atoms. The van der Waals surface area contributed by atoms with E-state index in [9.17, 15) is 10.1 Å². The van der Waals surface area contributed by atoms with E-state index in [2.05, 4.69) is 9.97 Å². The molecule has 0 aliphatic rings. The lowest BCUT2D eigenvalue weighted by Gasteiger charge is -2.03. The van der Waals surface area contributed by atoms with Gasteiger partial charge >= 0.3 is 0 Å². The van der Waals surface area contributed by atoms with E-state index in [0.717, 1.165) is 0 Å². The summed E-state index contributed by atoms with van der Waals surface area (Å²) in [5.74, 6) is 0.459. The second-order valence-electron chi connectivity index (χ2n) is 3.09. The summed E-state index contributed by atoms with van der Waals surface area (Å²) in [4.78, 5) is 17.9. The molecule has 6 nitrogen and oxygen atoms in total. The lowest BCUT2D eigenvalue weighted by atomic mass is 10.3. The number of H-pyrrole nitrogens is 1. The highest BCUT2D eigenvalue weighted by atomic mass is 32.2. The van der Waals surface area contributed by atoms with Crippen LogP contribution in [0.4, 0.5) is 5.69 Å². The lowest BCUT2D eigenvalue weighted by molar-refractivity contribution is -0.387. The summed E-state index contributed by atoms with van der Waals surface area (Å²) >= 11 is 1.20. The quantitative estimate of drug-likeness (QED) is 0.666. The molecular weight excluding hydrogens is 242 g/mol. The van der Waals surface area contributed by atoms with E-state index in [-0.39, 0.29) is 5.69 Å². The van der Waals surface area contributed by atoms with Crippen molar-refractivity contribution in [3.8, 4) is 5.75 Å². The number of aromatic nitrogens is 2. The van der Waals surface area contributed by atoms with E-state index in [1.54, 1.807) is 24.5 Å². The van der Waals surface area contributed by atoms with Crippen LogP contribution in [-0.4, -0.2) is 22.0 Å². The zero-order valence-corrected chi connectivity index (χ0v) is 9.73. The van der Waals surface area contributed by atoms with E-state index in [0.29, 0.717) is 15.8 Å². The lowest BCUT2D eigenvalue weighted by Crippen LogP contribution is -1.92. The first-order valence-corrected chi connectivity index (χ1v) is 5.52. The minimum absolute atomic E-state index is 0.00532. The van der Waals surface area contributed by atoms with Crippen LogP contribution in [0.3, 0.4) is 0 Å². The molecule has 0 saturated heterocycles. The number of ether oxygens (including phenoxy) is 1. The summed E-state index contributed by atoms with van der Waals surface area (Å²) in [5.41, 5.74) is 0.00532. The maximum Gasteiger partial charge on any atom is 0.287 e. The molecule has 2 aromatic rings. The molecule has 0 radical (unpaired) electrons. The first kappa shape index (κ1) is 11.5. The van der Waals surface area contributed by atoms with Crippen molar-refractivity contribution in [1.29, 1.82) is 0 Å². The molecule has 0 bridgehead atoms. The number of hydrogen-bond acceptors (Lipinski definition) is 5. The van der Waals surface area contributed by atoms with E-state index < -0.39 is 4.92 Å². The molecule has 2 rings (SSSR count). The van der Waals surface area contributed by atoms with Gasteiger partial charge in [-0.05, 0) is 23.9 Å². The number of rotatable bonds is 4. The fraction of sp³-hybridized carbons (Fsp3) is 0.100. The molecule has 1 N–H and O–H groups in total. The first-order valence-electron chi connectivity index (χ1n) is 4.70. The highest BCUT2D eigenvalue weighted by Crippen LogP contribution is 2.35. The number of methoxy groups -OCH3 is 1. The average molecular weight is 251 g/mol. The summed E-state index contributed by atoms with van der Waals surface area (Å²) in [6, 6.07) is 4.72. The number of benzene rings is 1. The van der Waals surface area contributed by atoms with Gasteiger partial charge < -0.3 is 9.72 Å². The van der Waals surface area contributed by atoms with Crippen molar-refractivity contribution in [1.82, 2.24) is 9.97 Å². The molecule has 0 saturated carbocycles. The smallest absolute Gasteiger partial charge is 0.287 e. The molecule has 1 heterocycles. The largest absolute Gasteiger partial charge is 0.497 e. The van der Waals surface area contributed by atoms with Gasteiger partial charge in [-0.25, -0.2) is 4.98 Å². The first-order chi connectivity index (χ1) is 8.20. The summed E-state index contributed by atoms with van der Waals surface area (Å²) < 4.78 is 4.96. The highest BCUT2D eigenvalue weighted by Gasteiger charge is 2.16. The van der Waals surface area contributed by atoms with Gasteiger partial charge in [0.25, 0.3) is 5.69 Å². The molecule has 0 atom stereocenters. The molecule has 17 heavy (non-hydrogen) atoms. The van der Waals surface area contributed by atoms with Crippen molar-refractivity contribution in [3.63, 3.8) is 0 Å². The van der Waals surface area contributed by atoms with Crippen molar-refractivity contribution in [2.24, 2.45) is 0 Å². The SMILES string of the molecule is COc1ccc(Sc2ncc[nH]2)c([N+](=O)[O-])c1. The highest BCUT2D eigenvalue weighted by molar-refractivity contribution is 7.99. The summed E-state index contributed by atoms with van der Waals surface area (Å²) in [6.07, 6.45) is 3.26. The van der Waals surface area contributed by atoms with Crippen molar-refractivity contribution >= 4 is 17.4 Å². The Morgan fingerprint density at radius 2 is 2.35 bits per heavy atom. The Kier molecular flexibility index (Phi) is 3.29. The van der Waals surface area contributed by atoms with Crippen LogP contribution in [0.25, 0.3) is 0 Å². The Morgan fingerprint density at radius 1 is 1.53 bits per heavy atom. The topological polar surface area (TPSA) is 81.0 Å². The van der Waals surface area contributed by atoms with E-state index in [4.69, 9.17) is 4.74 Å². The summed E-state index contributed by atoms with van der Waals surface area (Å²) in [5, 5.41) is 11.5. The Bertz CT molecular complexity index is 528. The molecule has 0 aliphatic carbocycles. The number of nitrogens with zero attached hydrogens (tertiary/aromatic N) is 2. The van der Waals surface area contributed by atoms with Crippen LogP contribution < -0.4 is 4.74 Å². The van der Waals surface area contributed by atoms with Crippen LogP contribution in [0.15, 0.2) is 40.6 Å². The van der Waals surface area contributed by atoms with E-state index >= 15 is 0 Å². The number of aromatic amines is 1. The Labute approximate surface area is 101 Å². The predicted molar refractivity (Wildman–Crippen MR) is 62.4 cm³/mol. The standard InChI is InChI=1S/C10H9N3O3S/c1-16-7-2-3-9(8(6-7)13(14)15)17-10-11-4-5-12-10/h2-6H,1H3,(H,11,12). The Morgan fingerprint density at radius 3 is 2.94 bits per heavy atom. The maximum atomic E-state index is 10.9. The fourth-order valence-electron chi connectivity index (χ4n) is 1.26. The number of hydrogen-bond donors (Lipinski definition) is 1. The van der Waals surface area contributed by atoms with Gasteiger partial charge in [0, 0.05) is 12.4 Å². The third-order valence-corrected chi connectivity index (χ3v) is 3.02. The maximum absolute atomic E-state index is 10.9. The van der Waals surface area contributed by atoms with Crippen molar-refractivity contribution in [2.45, 2.75) is 10.1 Å². The van der Waals surface area contributed by atoms with Crippen LogP contribution in [0.2, 0.25) is 0 Å². The Balaban J connectivity index is 2.36. The van der Waals surface area contributed by atoms with Crippen molar-refractivity contribution < 1.29 is 9.66 Å². The second-order valence-corrected chi connectivity index (χ2v) is 4.12. The van der Waals surface area contributed by atoms with Gasteiger partial charge in [0.05, 0.1) is 23.0 Å². The minimum atomic E-state index is -0.437. The third-order valence-electron chi connectivity index (χ3n) is 2.04.